The van der Waals surface area contributed by atoms with Crippen LogP contribution in [0.5, 0.6) is 0 Å². The molecule has 0 spiro atoms. The summed E-state index contributed by atoms with van der Waals surface area (Å²) in [6.45, 7) is 5.92. The standard InChI is InChI=1S/C4H9NO.C2H6.BF4/c1-2-3-4(5)6;1-2;2-1(3,4)5/h2-3H2,1H3,(H2,5,6);1-2H3;/q;;-1. The van der Waals surface area contributed by atoms with Crippen LogP contribution in [0.15, 0.2) is 0 Å². The molecule has 0 heterocycles. The lowest BCUT2D eigenvalue weighted by atomic mass is 10.3. The maximum Gasteiger partial charge on any atom is 0.673 e. The second kappa shape index (κ2) is 11.3. The van der Waals surface area contributed by atoms with Crippen molar-refractivity contribution < 1.29 is 22.1 Å². The third-order valence-electron chi connectivity index (χ3n) is 0.496. The Hall–Kier alpha value is -0.745. The molecule has 0 rings (SSSR count). The van der Waals surface area contributed by atoms with Gasteiger partial charge in [0.25, 0.3) is 0 Å². The van der Waals surface area contributed by atoms with Crippen molar-refractivity contribution >= 4 is 13.2 Å². The zero-order valence-electron chi connectivity index (χ0n) is 7.99. The summed E-state index contributed by atoms with van der Waals surface area (Å²) in [4.78, 5) is 9.82. The minimum absolute atomic E-state index is 0.211. The molecule has 0 aromatic carbocycles. The zero-order valence-corrected chi connectivity index (χ0v) is 7.99. The SMILES string of the molecule is CC.CCCC(N)=O.F[B-](F)(F)F. The quantitative estimate of drug-likeness (QED) is 0.545. The highest BCUT2D eigenvalue weighted by molar-refractivity contribution is 6.50. The molecule has 0 saturated heterocycles. The van der Waals surface area contributed by atoms with Crippen LogP contribution in [0, 0.1) is 0 Å². The van der Waals surface area contributed by atoms with Crippen LogP contribution in [0.3, 0.4) is 0 Å². The first-order chi connectivity index (χ1) is 5.77. The van der Waals surface area contributed by atoms with Crippen molar-refractivity contribution in [3.05, 3.63) is 0 Å². The highest BCUT2D eigenvalue weighted by Crippen LogP contribution is 2.06. The Morgan fingerprint density at radius 1 is 1.23 bits per heavy atom. The van der Waals surface area contributed by atoms with Gasteiger partial charge in [-0.25, -0.2) is 0 Å². The van der Waals surface area contributed by atoms with E-state index in [1.54, 1.807) is 0 Å². The van der Waals surface area contributed by atoms with Crippen molar-refractivity contribution in [3.63, 3.8) is 0 Å². The molecule has 0 aliphatic carbocycles. The van der Waals surface area contributed by atoms with Gasteiger partial charge >= 0.3 is 7.25 Å². The number of halogens is 4. The van der Waals surface area contributed by atoms with Crippen LogP contribution in [0.1, 0.15) is 33.6 Å². The van der Waals surface area contributed by atoms with Crippen LogP contribution in [0.25, 0.3) is 0 Å². The van der Waals surface area contributed by atoms with Crippen molar-refractivity contribution in [1.29, 1.82) is 0 Å². The first kappa shape index (κ1) is 18.1. The molecule has 82 valence electrons. The molecule has 2 nitrogen and oxygen atoms in total. The van der Waals surface area contributed by atoms with E-state index in [1.165, 1.54) is 0 Å². The predicted molar refractivity (Wildman–Crippen MR) is 45.6 cm³/mol. The van der Waals surface area contributed by atoms with E-state index in [-0.39, 0.29) is 5.91 Å². The second-order valence-corrected chi connectivity index (χ2v) is 1.71. The van der Waals surface area contributed by atoms with Crippen molar-refractivity contribution in [3.8, 4) is 0 Å². The van der Waals surface area contributed by atoms with Crippen molar-refractivity contribution in [1.82, 2.24) is 0 Å². The van der Waals surface area contributed by atoms with E-state index in [1.807, 2.05) is 20.8 Å². The van der Waals surface area contributed by atoms with Crippen LogP contribution >= 0.6 is 0 Å². The Kier molecular flexibility index (Phi) is 15.7. The van der Waals surface area contributed by atoms with Crippen LogP contribution in [0.2, 0.25) is 0 Å². The highest BCUT2D eigenvalue weighted by atomic mass is 19.5. The molecule has 7 heteroatoms. The molecule has 0 aromatic heterocycles. The number of amides is 1. The summed E-state index contributed by atoms with van der Waals surface area (Å²) in [7, 11) is -6.00. The van der Waals surface area contributed by atoms with Crippen LogP contribution in [-0.2, 0) is 4.79 Å². The summed E-state index contributed by atoms with van der Waals surface area (Å²) in [6, 6.07) is 0. The van der Waals surface area contributed by atoms with Gasteiger partial charge in [0.2, 0.25) is 5.91 Å². The molecular weight excluding hydrogens is 189 g/mol. The Bertz CT molecular complexity index is 112. The molecule has 2 N–H and O–H groups in total. The average molecular weight is 204 g/mol. The van der Waals surface area contributed by atoms with E-state index in [0.717, 1.165) is 6.42 Å². The van der Waals surface area contributed by atoms with Gasteiger partial charge < -0.3 is 23.0 Å². The normalized spacial score (nSPS) is 8.85. The maximum absolute atomic E-state index is 9.82. The van der Waals surface area contributed by atoms with Crippen LogP contribution in [0.4, 0.5) is 17.3 Å². The van der Waals surface area contributed by atoms with Gasteiger partial charge in [0.05, 0.1) is 0 Å². The number of rotatable bonds is 2. The fraction of sp³-hybridized carbons (Fsp3) is 0.833. The summed E-state index contributed by atoms with van der Waals surface area (Å²) in [5.41, 5.74) is 4.76. The van der Waals surface area contributed by atoms with Crippen LogP contribution in [-0.4, -0.2) is 13.2 Å². The van der Waals surface area contributed by atoms with Gasteiger partial charge in [-0.2, -0.15) is 0 Å². The molecule has 0 unspecified atom stereocenters. The molecule has 1 amide bonds. The van der Waals surface area contributed by atoms with Gasteiger partial charge in [0, 0.05) is 6.42 Å². The summed E-state index contributed by atoms with van der Waals surface area (Å²) < 4.78 is 39.0. The van der Waals surface area contributed by atoms with Gasteiger partial charge in [-0.15, -0.1) is 0 Å². The molecule has 0 fully saturated rings. The predicted octanol–water partition coefficient (Wildman–Crippen LogP) is 2.60. The summed E-state index contributed by atoms with van der Waals surface area (Å²) in [6.07, 6.45) is 1.37. The molecule has 0 aromatic rings. The number of nitrogens with two attached hydrogens (primary N) is 1. The lowest BCUT2D eigenvalue weighted by Gasteiger charge is -1.94. The maximum atomic E-state index is 9.82. The van der Waals surface area contributed by atoms with E-state index >= 15 is 0 Å². The van der Waals surface area contributed by atoms with Crippen molar-refractivity contribution in [2.45, 2.75) is 33.6 Å². The largest absolute Gasteiger partial charge is 0.673 e. The zero-order chi connectivity index (χ0) is 11.5. The molecule has 0 atom stereocenters. The summed E-state index contributed by atoms with van der Waals surface area (Å²) in [5.74, 6) is -0.211. The Balaban J connectivity index is -0.000000131. The monoisotopic (exact) mass is 204 g/mol. The Morgan fingerprint density at radius 3 is 1.46 bits per heavy atom. The highest BCUT2D eigenvalue weighted by Gasteiger charge is 2.20. The van der Waals surface area contributed by atoms with Crippen molar-refractivity contribution in [2.24, 2.45) is 5.73 Å². The van der Waals surface area contributed by atoms with E-state index in [4.69, 9.17) is 5.73 Å². The van der Waals surface area contributed by atoms with Crippen molar-refractivity contribution in [2.75, 3.05) is 0 Å². The summed E-state index contributed by atoms with van der Waals surface area (Å²) in [5, 5.41) is 0. The lowest BCUT2D eigenvalue weighted by molar-refractivity contribution is -0.118. The third-order valence-corrected chi connectivity index (χ3v) is 0.496. The fourth-order valence-electron chi connectivity index (χ4n) is 0.246. The topological polar surface area (TPSA) is 43.1 Å². The van der Waals surface area contributed by atoms with Gasteiger partial charge in [0.1, 0.15) is 0 Å². The number of hydrogen-bond acceptors (Lipinski definition) is 1. The smallest absolute Gasteiger partial charge is 0.418 e. The molecule has 13 heavy (non-hydrogen) atoms. The third kappa shape index (κ3) is 190. The summed E-state index contributed by atoms with van der Waals surface area (Å²) >= 11 is 0. The number of carbonyl (C=O) groups is 1. The second-order valence-electron chi connectivity index (χ2n) is 1.71. The van der Waals surface area contributed by atoms with E-state index in [9.17, 15) is 22.1 Å². The molecule has 0 radical (unpaired) electrons. The molecule has 0 saturated carbocycles. The average Bonchev–Trinajstić information content (AvgIpc) is 1.87. The van der Waals surface area contributed by atoms with Crippen LogP contribution < -0.4 is 5.73 Å². The first-order valence-corrected chi connectivity index (χ1v) is 3.93. The lowest BCUT2D eigenvalue weighted by Crippen LogP contribution is -2.08. The Labute approximate surface area is 75.6 Å². The number of carbonyl (C=O) groups excluding carboxylic acids is 1. The van der Waals surface area contributed by atoms with E-state index in [2.05, 4.69) is 0 Å². The first-order valence-electron chi connectivity index (χ1n) is 3.93. The number of primary amides is 1. The fourth-order valence-corrected chi connectivity index (χ4v) is 0.246. The van der Waals surface area contributed by atoms with E-state index in [0.29, 0.717) is 6.42 Å². The van der Waals surface area contributed by atoms with Gasteiger partial charge in [-0.05, 0) is 6.42 Å². The molecule has 0 bridgehead atoms. The number of hydrogen-bond donors (Lipinski definition) is 1. The van der Waals surface area contributed by atoms with Gasteiger partial charge in [-0.1, -0.05) is 20.8 Å². The van der Waals surface area contributed by atoms with E-state index < -0.39 is 7.25 Å². The minimum Gasteiger partial charge on any atom is -0.418 e. The molecular formula is C6H15BF4NO-. The molecule has 0 aliphatic heterocycles. The Morgan fingerprint density at radius 2 is 1.46 bits per heavy atom. The van der Waals surface area contributed by atoms with Gasteiger partial charge in [-0.3, -0.25) is 4.79 Å². The van der Waals surface area contributed by atoms with Gasteiger partial charge in [0.15, 0.2) is 0 Å². The molecule has 0 aliphatic rings. The minimum atomic E-state index is -6.00.